The van der Waals surface area contributed by atoms with Gasteiger partial charge in [-0.2, -0.15) is 0 Å². The summed E-state index contributed by atoms with van der Waals surface area (Å²) in [6, 6.07) is 8.25. The first kappa shape index (κ1) is 17.6. The Morgan fingerprint density at radius 2 is 2.07 bits per heavy atom. The Bertz CT molecular complexity index is 984. The maximum absolute atomic E-state index is 5.49. The molecular formula is C20H22BrN4OS+. The Labute approximate surface area is 170 Å². The largest absolute Gasteiger partial charge is 0.370 e. The van der Waals surface area contributed by atoms with Gasteiger partial charge in [0, 0.05) is 15.0 Å². The van der Waals surface area contributed by atoms with Crippen LogP contribution < -0.4 is 10.2 Å². The van der Waals surface area contributed by atoms with Crippen LogP contribution in [0.25, 0.3) is 10.2 Å². The van der Waals surface area contributed by atoms with Gasteiger partial charge in [0.05, 0.1) is 18.6 Å². The summed E-state index contributed by atoms with van der Waals surface area (Å²) in [6.45, 7) is 4.56. The lowest BCUT2D eigenvalue weighted by atomic mass is 10.2. The maximum atomic E-state index is 5.49. The van der Waals surface area contributed by atoms with E-state index in [1.807, 2.05) is 23.5 Å². The molecule has 2 aromatic heterocycles. The minimum atomic E-state index is 0.827. The summed E-state index contributed by atoms with van der Waals surface area (Å²) in [4.78, 5) is 14.1. The van der Waals surface area contributed by atoms with Gasteiger partial charge in [0.25, 0.3) is 0 Å². The molecule has 1 aliphatic carbocycles. The number of ether oxygens (including phenoxy) is 1. The first-order chi connectivity index (χ1) is 13.3. The number of rotatable bonds is 4. The highest BCUT2D eigenvalue weighted by Gasteiger charge is 2.24. The van der Waals surface area contributed by atoms with Gasteiger partial charge in [-0.15, -0.1) is 11.3 Å². The molecule has 1 aromatic carbocycles. The second-order valence-electron chi connectivity index (χ2n) is 7.20. The van der Waals surface area contributed by atoms with E-state index in [2.05, 4.69) is 33.4 Å². The molecule has 0 amide bonds. The monoisotopic (exact) mass is 445 g/mol. The minimum absolute atomic E-state index is 0.827. The maximum Gasteiger partial charge on any atom is 0.187 e. The van der Waals surface area contributed by atoms with E-state index in [9.17, 15) is 0 Å². The molecule has 7 heteroatoms. The van der Waals surface area contributed by atoms with E-state index in [1.54, 1.807) is 0 Å². The first-order valence-electron chi connectivity index (χ1n) is 9.51. The van der Waals surface area contributed by atoms with Crippen molar-refractivity contribution in [3.8, 4) is 0 Å². The molecular weight excluding hydrogens is 424 g/mol. The van der Waals surface area contributed by atoms with E-state index in [0.29, 0.717) is 0 Å². The van der Waals surface area contributed by atoms with Gasteiger partial charge < -0.3 is 15.0 Å². The number of quaternary nitrogens is 1. The predicted molar refractivity (Wildman–Crippen MR) is 112 cm³/mol. The normalized spacial score (nSPS) is 17.4. The molecule has 1 fully saturated rings. The second-order valence-corrected chi connectivity index (χ2v) is 9.20. The van der Waals surface area contributed by atoms with Crippen molar-refractivity contribution in [1.29, 1.82) is 0 Å². The predicted octanol–water partition coefficient (Wildman–Crippen LogP) is 3.10. The summed E-state index contributed by atoms with van der Waals surface area (Å²) in [5.41, 5.74) is 2.50. The van der Waals surface area contributed by atoms with Crippen LogP contribution in [0.5, 0.6) is 0 Å². The Morgan fingerprint density at radius 3 is 2.93 bits per heavy atom. The number of aryl methyl sites for hydroxylation is 2. The highest BCUT2D eigenvalue weighted by Crippen LogP contribution is 2.40. The zero-order valence-electron chi connectivity index (χ0n) is 15.1. The molecule has 140 valence electrons. The molecule has 0 radical (unpaired) electrons. The molecule has 0 saturated carbocycles. The number of benzene rings is 1. The molecule has 3 heterocycles. The molecule has 2 aliphatic rings. The lowest BCUT2D eigenvalue weighted by molar-refractivity contribution is -0.922. The van der Waals surface area contributed by atoms with E-state index in [-0.39, 0.29) is 0 Å². The van der Waals surface area contributed by atoms with Crippen molar-refractivity contribution in [3.63, 3.8) is 0 Å². The van der Waals surface area contributed by atoms with Crippen LogP contribution in [0.4, 0.5) is 11.5 Å². The average Bonchev–Trinajstić information content (AvgIpc) is 3.23. The standard InChI is InChI=1S/C20H21BrN4OS/c21-13-3-1-4-14(11-13)22-19-18-15-5-2-6-16(15)27-20(18)24-17(23-19)12-25-7-9-26-10-8-25/h1,3-4,11H,2,5-10,12H2,(H,22,23,24)/p+1. The van der Waals surface area contributed by atoms with Gasteiger partial charge in [-0.1, -0.05) is 22.0 Å². The summed E-state index contributed by atoms with van der Waals surface area (Å²) >= 11 is 5.42. The molecule has 2 N–H and O–H groups in total. The zero-order chi connectivity index (χ0) is 18.2. The number of thiophene rings is 1. The molecule has 1 aliphatic heterocycles. The SMILES string of the molecule is Brc1cccc(Nc2nc(C[NH+]3CCOCC3)nc3sc4c(c23)CCC4)c1. The number of aromatic nitrogens is 2. The van der Waals surface area contributed by atoms with Gasteiger partial charge in [0.15, 0.2) is 5.82 Å². The van der Waals surface area contributed by atoms with Crippen molar-refractivity contribution in [2.24, 2.45) is 0 Å². The fourth-order valence-electron chi connectivity index (χ4n) is 3.97. The van der Waals surface area contributed by atoms with E-state index >= 15 is 0 Å². The van der Waals surface area contributed by atoms with Crippen LogP contribution in [0.1, 0.15) is 22.7 Å². The number of anilines is 2. The Morgan fingerprint density at radius 1 is 1.19 bits per heavy atom. The van der Waals surface area contributed by atoms with Crippen LogP contribution in [0, 0.1) is 0 Å². The number of hydrogen-bond acceptors (Lipinski definition) is 5. The van der Waals surface area contributed by atoms with Gasteiger partial charge in [-0.25, -0.2) is 9.97 Å². The molecule has 0 spiro atoms. The molecule has 27 heavy (non-hydrogen) atoms. The van der Waals surface area contributed by atoms with Gasteiger partial charge in [0.2, 0.25) is 0 Å². The van der Waals surface area contributed by atoms with Gasteiger partial charge >= 0.3 is 0 Å². The average molecular weight is 446 g/mol. The third-order valence-electron chi connectivity index (χ3n) is 5.31. The Kier molecular flexibility index (Phi) is 4.85. The Hall–Kier alpha value is -1.54. The Balaban J connectivity index is 1.55. The topological polar surface area (TPSA) is 51.5 Å². The van der Waals surface area contributed by atoms with Crippen molar-refractivity contribution in [2.45, 2.75) is 25.8 Å². The van der Waals surface area contributed by atoms with Gasteiger partial charge in [-0.3, -0.25) is 0 Å². The van der Waals surface area contributed by atoms with Crippen LogP contribution in [0.3, 0.4) is 0 Å². The van der Waals surface area contributed by atoms with E-state index in [0.717, 1.165) is 65.9 Å². The number of hydrogen-bond donors (Lipinski definition) is 2. The number of fused-ring (bicyclic) bond motifs is 3. The number of nitrogens with zero attached hydrogens (tertiary/aromatic N) is 2. The van der Waals surface area contributed by atoms with Crippen molar-refractivity contribution in [1.82, 2.24) is 9.97 Å². The summed E-state index contributed by atoms with van der Waals surface area (Å²) in [6.07, 6.45) is 3.56. The summed E-state index contributed by atoms with van der Waals surface area (Å²) < 4.78 is 6.55. The molecule has 0 bridgehead atoms. The number of nitrogens with one attached hydrogen (secondary N) is 2. The highest BCUT2D eigenvalue weighted by atomic mass is 79.9. The molecule has 3 aromatic rings. The molecule has 5 nitrogen and oxygen atoms in total. The summed E-state index contributed by atoms with van der Waals surface area (Å²) in [5.74, 6) is 1.89. The third-order valence-corrected chi connectivity index (χ3v) is 6.99. The summed E-state index contributed by atoms with van der Waals surface area (Å²) in [5, 5.41) is 4.80. The van der Waals surface area contributed by atoms with Crippen LogP contribution in [0.2, 0.25) is 0 Å². The highest BCUT2D eigenvalue weighted by molar-refractivity contribution is 9.10. The van der Waals surface area contributed by atoms with E-state index in [4.69, 9.17) is 14.7 Å². The first-order valence-corrected chi connectivity index (χ1v) is 11.1. The molecule has 5 rings (SSSR count). The smallest absolute Gasteiger partial charge is 0.187 e. The van der Waals surface area contributed by atoms with Crippen LogP contribution in [-0.2, 0) is 24.1 Å². The molecule has 1 saturated heterocycles. The van der Waals surface area contributed by atoms with Crippen LogP contribution in [-0.4, -0.2) is 36.3 Å². The lowest BCUT2D eigenvalue weighted by Gasteiger charge is -2.23. The number of morpholine rings is 1. The van der Waals surface area contributed by atoms with Crippen molar-refractivity contribution < 1.29 is 9.64 Å². The quantitative estimate of drug-likeness (QED) is 0.647. The van der Waals surface area contributed by atoms with Crippen LogP contribution in [0.15, 0.2) is 28.7 Å². The lowest BCUT2D eigenvalue weighted by Crippen LogP contribution is -3.12. The molecule has 0 atom stereocenters. The van der Waals surface area contributed by atoms with Crippen LogP contribution >= 0.6 is 27.3 Å². The van der Waals surface area contributed by atoms with Crippen molar-refractivity contribution in [2.75, 3.05) is 31.6 Å². The van der Waals surface area contributed by atoms with Gasteiger partial charge in [-0.05, 0) is 43.0 Å². The number of halogens is 1. The fraction of sp³-hybridized carbons (Fsp3) is 0.400. The van der Waals surface area contributed by atoms with Crippen molar-refractivity contribution >= 4 is 49.0 Å². The van der Waals surface area contributed by atoms with E-state index < -0.39 is 0 Å². The zero-order valence-corrected chi connectivity index (χ0v) is 17.5. The second kappa shape index (κ2) is 7.47. The van der Waals surface area contributed by atoms with Gasteiger partial charge in [0.1, 0.15) is 30.3 Å². The minimum Gasteiger partial charge on any atom is -0.370 e. The van der Waals surface area contributed by atoms with E-state index in [1.165, 1.54) is 33.6 Å². The molecule has 0 unspecified atom stereocenters. The summed E-state index contributed by atoms with van der Waals surface area (Å²) in [7, 11) is 0. The fourth-order valence-corrected chi connectivity index (χ4v) is 5.65. The third kappa shape index (κ3) is 3.61. The van der Waals surface area contributed by atoms with Crippen molar-refractivity contribution in [3.05, 3.63) is 45.0 Å².